The van der Waals surface area contributed by atoms with Crippen LogP contribution in [0.5, 0.6) is 11.5 Å². The van der Waals surface area contributed by atoms with Gasteiger partial charge in [0, 0.05) is 10.7 Å². The van der Waals surface area contributed by atoms with Gasteiger partial charge in [0.1, 0.15) is 12.4 Å². The Morgan fingerprint density at radius 2 is 1.96 bits per heavy atom. The minimum atomic E-state index is -0.126. The fourth-order valence-corrected chi connectivity index (χ4v) is 3.24. The van der Waals surface area contributed by atoms with Gasteiger partial charge in [0.05, 0.1) is 13.7 Å². The summed E-state index contributed by atoms with van der Waals surface area (Å²) in [5.74, 6) is 2.09. The van der Waals surface area contributed by atoms with Crippen LogP contribution in [0.15, 0.2) is 54.9 Å². The Hall–Kier alpha value is -2.99. The Morgan fingerprint density at radius 1 is 1.15 bits per heavy atom. The maximum atomic E-state index is 6.02. The van der Waals surface area contributed by atoms with Gasteiger partial charge < -0.3 is 14.8 Å². The van der Waals surface area contributed by atoms with E-state index in [0.29, 0.717) is 23.3 Å². The summed E-state index contributed by atoms with van der Waals surface area (Å²) in [5.41, 5.74) is 3.00. The molecule has 7 heteroatoms. The number of hydrogen-bond donors (Lipinski definition) is 1. The van der Waals surface area contributed by atoms with Gasteiger partial charge in [-0.25, -0.2) is 4.68 Å². The van der Waals surface area contributed by atoms with Crippen molar-refractivity contribution in [3.63, 3.8) is 0 Å². The molecule has 1 aromatic heterocycles. The highest BCUT2D eigenvalue weighted by atomic mass is 35.5. The van der Waals surface area contributed by atoms with Crippen molar-refractivity contribution in [3.8, 4) is 11.5 Å². The quantitative estimate of drug-likeness (QED) is 0.708. The van der Waals surface area contributed by atoms with Crippen LogP contribution in [0.2, 0.25) is 5.02 Å². The number of hydrogen-bond acceptors (Lipinski definition) is 5. The number of allylic oxidation sites excluding steroid dienone is 1. The van der Waals surface area contributed by atoms with Gasteiger partial charge in [0.2, 0.25) is 5.95 Å². The van der Waals surface area contributed by atoms with Crippen molar-refractivity contribution >= 4 is 23.2 Å². The number of methoxy groups -OCH3 is 1. The molecule has 0 aliphatic carbocycles. The van der Waals surface area contributed by atoms with Crippen LogP contribution in [-0.2, 0) is 0 Å². The van der Waals surface area contributed by atoms with Gasteiger partial charge >= 0.3 is 0 Å². The van der Waals surface area contributed by atoms with Gasteiger partial charge in [-0.15, -0.1) is 0 Å². The Balaban J connectivity index is 1.77. The van der Waals surface area contributed by atoms with Crippen LogP contribution in [0.1, 0.15) is 24.1 Å². The summed E-state index contributed by atoms with van der Waals surface area (Å²) in [6.07, 6.45) is 3.65. The highest BCUT2D eigenvalue weighted by molar-refractivity contribution is 6.30. The fourth-order valence-electron chi connectivity index (χ4n) is 3.11. The molecule has 1 N–H and O–H groups in total. The van der Waals surface area contributed by atoms with E-state index in [2.05, 4.69) is 21.5 Å². The topological polar surface area (TPSA) is 61.2 Å². The van der Waals surface area contributed by atoms with Crippen LogP contribution in [0.3, 0.4) is 0 Å². The van der Waals surface area contributed by atoms with Gasteiger partial charge in [-0.2, -0.15) is 10.1 Å². The van der Waals surface area contributed by atoms with Crippen LogP contribution in [0.25, 0.3) is 5.70 Å². The molecule has 1 aliphatic heterocycles. The molecule has 138 valence electrons. The number of benzene rings is 2. The van der Waals surface area contributed by atoms with E-state index in [-0.39, 0.29) is 6.04 Å². The van der Waals surface area contributed by atoms with Gasteiger partial charge in [-0.3, -0.25) is 0 Å². The monoisotopic (exact) mass is 382 g/mol. The molecule has 0 bridgehead atoms. The standard InChI is InChI=1S/C20H19ClN4O2/c1-3-27-18-9-6-14(10-19(18)26-2)17-11-16(13-4-7-15(21)8-5-13)24-20-22-12-23-25(17)20/h4-12,17H,3H2,1-2H3,(H,22,23,24)/t17-/m1/s1. The van der Waals surface area contributed by atoms with E-state index in [9.17, 15) is 0 Å². The fraction of sp³-hybridized carbons (Fsp3) is 0.200. The predicted molar refractivity (Wildman–Crippen MR) is 105 cm³/mol. The number of rotatable bonds is 5. The van der Waals surface area contributed by atoms with Crippen LogP contribution in [0.4, 0.5) is 5.95 Å². The average Bonchev–Trinajstić information content (AvgIpc) is 3.17. The largest absolute Gasteiger partial charge is 0.493 e. The van der Waals surface area contributed by atoms with E-state index < -0.39 is 0 Å². The maximum absolute atomic E-state index is 6.02. The number of nitrogens with one attached hydrogen (secondary N) is 1. The number of nitrogens with zero attached hydrogens (tertiary/aromatic N) is 3. The van der Waals surface area contributed by atoms with Crippen LogP contribution >= 0.6 is 11.6 Å². The number of aromatic nitrogens is 3. The molecular weight excluding hydrogens is 364 g/mol. The van der Waals surface area contributed by atoms with Crippen LogP contribution in [0, 0.1) is 0 Å². The second-order valence-electron chi connectivity index (χ2n) is 6.03. The van der Waals surface area contributed by atoms with Crippen molar-refractivity contribution in [1.29, 1.82) is 0 Å². The summed E-state index contributed by atoms with van der Waals surface area (Å²) in [5, 5.41) is 8.40. The lowest BCUT2D eigenvalue weighted by Gasteiger charge is -2.25. The Bertz CT molecular complexity index is 982. The molecule has 1 aliphatic rings. The van der Waals surface area contributed by atoms with E-state index in [1.807, 2.05) is 54.1 Å². The summed E-state index contributed by atoms with van der Waals surface area (Å²) in [6.45, 7) is 2.53. The van der Waals surface area contributed by atoms with Crippen LogP contribution < -0.4 is 14.8 Å². The van der Waals surface area contributed by atoms with Crippen molar-refractivity contribution in [3.05, 3.63) is 71.0 Å². The molecular formula is C20H19ClN4O2. The van der Waals surface area contributed by atoms with E-state index in [1.165, 1.54) is 0 Å². The first-order valence-corrected chi connectivity index (χ1v) is 9.02. The van der Waals surface area contributed by atoms with Crippen molar-refractivity contribution in [1.82, 2.24) is 14.8 Å². The SMILES string of the molecule is CCOc1ccc([C@H]2C=C(c3ccc(Cl)cc3)Nc3ncnn32)cc1OC. The molecule has 1 atom stereocenters. The second-order valence-corrected chi connectivity index (χ2v) is 6.47. The molecule has 2 aromatic carbocycles. The van der Waals surface area contributed by atoms with E-state index in [4.69, 9.17) is 21.1 Å². The highest BCUT2D eigenvalue weighted by Crippen LogP contribution is 2.36. The minimum Gasteiger partial charge on any atom is -0.493 e. The predicted octanol–water partition coefficient (Wildman–Crippen LogP) is 4.39. The molecule has 0 amide bonds. The molecule has 0 radical (unpaired) electrons. The number of halogens is 1. The summed E-state index contributed by atoms with van der Waals surface area (Å²) in [7, 11) is 1.64. The molecule has 6 nitrogen and oxygen atoms in total. The summed E-state index contributed by atoms with van der Waals surface area (Å²) >= 11 is 6.02. The minimum absolute atomic E-state index is 0.126. The first-order chi connectivity index (χ1) is 13.2. The van der Waals surface area contributed by atoms with Crippen molar-refractivity contribution in [2.45, 2.75) is 13.0 Å². The molecule has 27 heavy (non-hydrogen) atoms. The highest BCUT2D eigenvalue weighted by Gasteiger charge is 2.24. The third kappa shape index (κ3) is 3.36. The lowest BCUT2D eigenvalue weighted by atomic mass is 10.0. The average molecular weight is 383 g/mol. The maximum Gasteiger partial charge on any atom is 0.226 e. The molecule has 4 rings (SSSR count). The summed E-state index contributed by atoms with van der Waals surface area (Å²) in [4.78, 5) is 4.33. The molecule has 2 heterocycles. The molecule has 0 saturated heterocycles. The lowest BCUT2D eigenvalue weighted by Crippen LogP contribution is -2.20. The lowest BCUT2D eigenvalue weighted by molar-refractivity contribution is 0.310. The zero-order valence-corrected chi connectivity index (χ0v) is 15.8. The molecule has 3 aromatic rings. The zero-order valence-electron chi connectivity index (χ0n) is 15.0. The third-order valence-corrected chi connectivity index (χ3v) is 4.64. The summed E-state index contributed by atoms with van der Waals surface area (Å²) in [6, 6.07) is 13.5. The van der Waals surface area contributed by atoms with Crippen molar-refractivity contribution in [2.75, 3.05) is 19.0 Å². The molecule has 0 unspecified atom stereocenters. The first-order valence-electron chi connectivity index (χ1n) is 8.64. The van der Waals surface area contributed by atoms with Gasteiger partial charge in [0.25, 0.3) is 0 Å². The second kappa shape index (κ2) is 7.32. The Kier molecular flexibility index (Phi) is 4.73. The number of fused-ring (bicyclic) bond motifs is 1. The molecule has 0 saturated carbocycles. The first kappa shape index (κ1) is 17.4. The van der Waals surface area contributed by atoms with Gasteiger partial charge in [-0.1, -0.05) is 29.8 Å². The third-order valence-electron chi connectivity index (χ3n) is 4.39. The van der Waals surface area contributed by atoms with E-state index >= 15 is 0 Å². The molecule has 0 spiro atoms. The normalized spacial score (nSPS) is 15.5. The molecule has 0 fully saturated rings. The zero-order chi connectivity index (χ0) is 18.8. The van der Waals surface area contributed by atoms with Crippen molar-refractivity contribution in [2.24, 2.45) is 0 Å². The van der Waals surface area contributed by atoms with Gasteiger partial charge in [-0.05, 0) is 48.4 Å². The Morgan fingerprint density at radius 3 is 2.70 bits per heavy atom. The smallest absolute Gasteiger partial charge is 0.226 e. The number of anilines is 1. The Labute approximate surface area is 162 Å². The van der Waals surface area contributed by atoms with E-state index in [0.717, 1.165) is 22.6 Å². The van der Waals surface area contributed by atoms with E-state index in [1.54, 1.807) is 13.4 Å². The summed E-state index contributed by atoms with van der Waals surface area (Å²) < 4.78 is 13.0. The van der Waals surface area contributed by atoms with Crippen LogP contribution in [-0.4, -0.2) is 28.5 Å². The van der Waals surface area contributed by atoms with Gasteiger partial charge in [0.15, 0.2) is 11.5 Å². The number of ether oxygens (including phenoxy) is 2. The van der Waals surface area contributed by atoms with Crippen molar-refractivity contribution < 1.29 is 9.47 Å².